The first-order valence-corrected chi connectivity index (χ1v) is 11.7. The van der Waals surface area contributed by atoms with Gasteiger partial charge in [0.25, 0.3) is 11.8 Å². The largest absolute Gasteiger partial charge is 0.395 e. The van der Waals surface area contributed by atoms with Crippen LogP contribution in [-0.2, 0) is 9.53 Å². The quantitative estimate of drug-likeness (QED) is 0.296. The van der Waals surface area contributed by atoms with E-state index in [9.17, 15) is 14.4 Å². The number of ether oxygens (including phenoxy) is 1. The van der Waals surface area contributed by atoms with Crippen molar-refractivity contribution in [2.24, 2.45) is 5.73 Å². The Balaban J connectivity index is 1.87. The van der Waals surface area contributed by atoms with Crippen molar-refractivity contribution in [2.45, 2.75) is 6.04 Å². The third-order valence-electron chi connectivity index (χ3n) is 5.46. The molecule has 3 amide bonds. The number of methoxy groups -OCH3 is 1. The number of pyridine rings is 1. The molecule has 4 aromatic rings. The Morgan fingerprint density at radius 3 is 2.58 bits per heavy atom. The third kappa shape index (κ3) is 5.02. The van der Waals surface area contributed by atoms with E-state index in [4.69, 9.17) is 16.2 Å². The van der Waals surface area contributed by atoms with E-state index in [1.54, 1.807) is 54.7 Å². The highest BCUT2D eigenvalue weighted by Gasteiger charge is 2.36. The number of fused-ring (bicyclic) bond motifs is 1. The van der Waals surface area contributed by atoms with Gasteiger partial charge in [0.2, 0.25) is 5.91 Å². The Kier molecular flexibility index (Phi) is 7.52. The van der Waals surface area contributed by atoms with Crippen LogP contribution in [0, 0.1) is 0 Å². The Labute approximate surface area is 211 Å². The lowest BCUT2D eigenvalue weighted by atomic mass is 10.0. The second-order valence-electron chi connectivity index (χ2n) is 7.79. The van der Waals surface area contributed by atoms with E-state index in [1.807, 2.05) is 12.1 Å². The number of primary amides is 1. The number of nitrogens with zero attached hydrogens (tertiary/aromatic N) is 3. The van der Waals surface area contributed by atoms with E-state index in [1.165, 1.54) is 12.0 Å². The van der Waals surface area contributed by atoms with Crippen LogP contribution in [0.25, 0.3) is 10.9 Å². The van der Waals surface area contributed by atoms with Crippen molar-refractivity contribution < 1.29 is 19.1 Å². The van der Waals surface area contributed by atoms with Crippen LogP contribution in [0.1, 0.15) is 31.8 Å². The van der Waals surface area contributed by atoms with Crippen molar-refractivity contribution in [3.8, 4) is 0 Å². The fourth-order valence-corrected chi connectivity index (χ4v) is 4.51. The lowest BCUT2D eigenvalue weighted by Gasteiger charge is -2.31. The molecule has 0 aliphatic rings. The van der Waals surface area contributed by atoms with Gasteiger partial charge in [-0.05, 0) is 47.4 Å². The van der Waals surface area contributed by atoms with Gasteiger partial charge in [0.15, 0.2) is 5.69 Å². The van der Waals surface area contributed by atoms with Crippen LogP contribution in [0.3, 0.4) is 0 Å². The Morgan fingerprint density at radius 2 is 1.89 bits per heavy atom. The summed E-state index contributed by atoms with van der Waals surface area (Å²) in [5, 5.41) is 3.64. The van der Waals surface area contributed by atoms with Crippen molar-refractivity contribution in [3.63, 3.8) is 0 Å². The van der Waals surface area contributed by atoms with Crippen LogP contribution >= 0.6 is 11.5 Å². The zero-order valence-corrected chi connectivity index (χ0v) is 20.2. The highest BCUT2D eigenvalue weighted by Crippen LogP contribution is 2.33. The molecule has 0 bridgehead atoms. The number of carbonyl (C=O) groups is 3. The monoisotopic (exact) mass is 504 g/mol. The lowest BCUT2D eigenvalue weighted by molar-refractivity contribution is -0.122. The zero-order chi connectivity index (χ0) is 25.7. The van der Waals surface area contributed by atoms with Crippen LogP contribution in [0.5, 0.6) is 0 Å². The maximum atomic E-state index is 14.0. The highest BCUT2D eigenvalue weighted by atomic mass is 32.1. The third-order valence-corrected chi connectivity index (χ3v) is 6.31. The predicted octanol–water partition coefficient (Wildman–Crippen LogP) is 2.52. The molecule has 4 rings (SSSR count). The maximum Gasteiger partial charge on any atom is 0.273 e. The molecule has 0 saturated carbocycles. The average Bonchev–Trinajstić information content (AvgIpc) is 3.28. The molecule has 184 valence electrons. The number of nitrogens with one attached hydrogen (secondary N) is 1. The molecule has 10 nitrogen and oxygen atoms in total. The number of hydrogen-bond donors (Lipinski definition) is 3. The minimum absolute atomic E-state index is 0.00444. The summed E-state index contributed by atoms with van der Waals surface area (Å²) in [6.45, 7) is 0.537. The Morgan fingerprint density at radius 1 is 1.11 bits per heavy atom. The summed E-state index contributed by atoms with van der Waals surface area (Å²) in [6, 6.07) is 16.7. The maximum absolute atomic E-state index is 14.0. The number of nitrogen functional groups attached to an aromatic ring is 1. The molecule has 0 unspecified atom stereocenters. The van der Waals surface area contributed by atoms with Gasteiger partial charge in [-0.15, -0.1) is 0 Å². The number of hydrogen-bond acceptors (Lipinski definition) is 8. The summed E-state index contributed by atoms with van der Waals surface area (Å²) in [5.74, 6) is -1.86. The topological polar surface area (TPSA) is 154 Å². The molecule has 2 heterocycles. The highest BCUT2D eigenvalue weighted by molar-refractivity contribution is 7.09. The van der Waals surface area contributed by atoms with Gasteiger partial charge in [-0.25, -0.2) is 0 Å². The number of rotatable bonds is 9. The van der Waals surface area contributed by atoms with Crippen LogP contribution in [-0.4, -0.2) is 47.3 Å². The number of aromatic nitrogens is 2. The summed E-state index contributed by atoms with van der Waals surface area (Å²) < 4.78 is 9.03. The minimum atomic E-state index is -1.08. The second-order valence-corrected chi connectivity index (χ2v) is 8.56. The van der Waals surface area contributed by atoms with Crippen molar-refractivity contribution in [1.82, 2.24) is 14.7 Å². The van der Waals surface area contributed by atoms with E-state index in [2.05, 4.69) is 14.7 Å². The second kappa shape index (κ2) is 10.9. The van der Waals surface area contributed by atoms with E-state index in [-0.39, 0.29) is 22.8 Å². The average molecular weight is 505 g/mol. The number of anilines is 2. The van der Waals surface area contributed by atoms with Gasteiger partial charge in [-0.2, -0.15) is 4.37 Å². The first kappa shape index (κ1) is 24.8. The summed E-state index contributed by atoms with van der Waals surface area (Å²) in [4.78, 5) is 45.0. The molecular formula is C25H24N6O4S. The van der Waals surface area contributed by atoms with Gasteiger partial charge in [0.1, 0.15) is 10.9 Å². The molecule has 0 saturated heterocycles. The molecule has 0 spiro atoms. The van der Waals surface area contributed by atoms with E-state index < -0.39 is 23.8 Å². The van der Waals surface area contributed by atoms with Gasteiger partial charge in [-0.1, -0.05) is 30.3 Å². The van der Waals surface area contributed by atoms with Gasteiger partial charge >= 0.3 is 0 Å². The lowest BCUT2D eigenvalue weighted by Crippen LogP contribution is -2.44. The summed E-state index contributed by atoms with van der Waals surface area (Å²) in [7, 11) is 1.53. The number of benzene rings is 2. The van der Waals surface area contributed by atoms with Gasteiger partial charge in [0.05, 0.1) is 17.8 Å². The van der Waals surface area contributed by atoms with Gasteiger partial charge in [0, 0.05) is 30.9 Å². The number of carbonyl (C=O) groups excluding carboxylic acids is 3. The fraction of sp³-hybridized carbons (Fsp3) is 0.160. The van der Waals surface area contributed by atoms with Crippen LogP contribution in [0.4, 0.5) is 11.4 Å². The summed E-state index contributed by atoms with van der Waals surface area (Å²) in [6.07, 6.45) is 1.68. The molecule has 36 heavy (non-hydrogen) atoms. The Hall–Kier alpha value is -4.35. The van der Waals surface area contributed by atoms with E-state index in [0.717, 1.165) is 22.4 Å². The number of amides is 3. The molecule has 0 radical (unpaired) electrons. The van der Waals surface area contributed by atoms with E-state index in [0.29, 0.717) is 17.9 Å². The molecule has 0 aliphatic heterocycles. The van der Waals surface area contributed by atoms with Crippen LogP contribution in [0.2, 0.25) is 0 Å². The van der Waals surface area contributed by atoms with Crippen molar-refractivity contribution in [3.05, 3.63) is 83.0 Å². The molecule has 5 N–H and O–H groups in total. The van der Waals surface area contributed by atoms with Crippen molar-refractivity contribution in [1.29, 1.82) is 0 Å². The van der Waals surface area contributed by atoms with Crippen LogP contribution in [0.15, 0.2) is 66.9 Å². The van der Waals surface area contributed by atoms with Crippen LogP contribution < -0.4 is 21.7 Å². The SMILES string of the molecule is COCCNC(=O)[C@@H](c1ccc2ncccc2c1)N(C(=O)c1snc(C(N)=O)c1N)c1ccccc1. The van der Waals surface area contributed by atoms with Gasteiger partial charge in [-0.3, -0.25) is 24.3 Å². The molecular weight excluding hydrogens is 480 g/mol. The normalized spacial score (nSPS) is 11.7. The van der Waals surface area contributed by atoms with Gasteiger partial charge < -0.3 is 21.5 Å². The summed E-state index contributed by atoms with van der Waals surface area (Å²) >= 11 is 0.755. The number of nitrogens with two attached hydrogens (primary N) is 2. The zero-order valence-electron chi connectivity index (χ0n) is 19.4. The van der Waals surface area contributed by atoms with E-state index >= 15 is 0 Å². The molecule has 11 heteroatoms. The fourth-order valence-electron chi connectivity index (χ4n) is 3.77. The first-order chi connectivity index (χ1) is 17.4. The van der Waals surface area contributed by atoms with Crippen molar-refractivity contribution >= 4 is 51.5 Å². The Bertz CT molecular complexity index is 1410. The molecule has 0 fully saturated rings. The summed E-state index contributed by atoms with van der Waals surface area (Å²) in [5.41, 5.74) is 12.9. The predicted molar refractivity (Wildman–Crippen MR) is 138 cm³/mol. The molecule has 2 aromatic carbocycles. The smallest absolute Gasteiger partial charge is 0.273 e. The number of para-hydroxylation sites is 1. The van der Waals surface area contributed by atoms with Crippen molar-refractivity contribution in [2.75, 3.05) is 30.9 Å². The molecule has 2 aromatic heterocycles. The molecule has 0 aliphatic carbocycles. The standard InChI is InChI=1S/C25H24N6O4S/c1-35-13-12-29-24(33)21(16-9-10-18-15(14-16)6-5-11-28-18)31(17-7-3-2-4-8-17)25(34)22-19(26)20(23(27)32)30-36-22/h2-11,14,21H,12-13,26H2,1H3,(H2,27,32)(H,29,33)/t21-/m1/s1. The molecule has 1 atom stereocenters. The first-order valence-electron chi connectivity index (χ1n) is 11.0. The minimum Gasteiger partial charge on any atom is -0.395 e.